The van der Waals surface area contributed by atoms with E-state index >= 15 is 0 Å². The molecule has 0 bridgehead atoms. The average Bonchev–Trinajstić information content (AvgIpc) is 2.42. The highest BCUT2D eigenvalue weighted by Gasteiger charge is 1.99. The quantitative estimate of drug-likeness (QED) is 0.653. The van der Waals surface area contributed by atoms with Crippen molar-refractivity contribution in [2.45, 2.75) is 0 Å². The molecule has 0 aliphatic heterocycles. The summed E-state index contributed by atoms with van der Waals surface area (Å²) in [6.45, 7) is 0. The van der Waals surface area contributed by atoms with Gasteiger partial charge in [-0.25, -0.2) is 10.2 Å². The fourth-order valence-electron chi connectivity index (χ4n) is 1.42. The zero-order valence-corrected chi connectivity index (χ0v) is 10.8. The van der Waals surface area contributed by atoms with Crippen LogP contribution in [0.3, 0.4) is 0 Å². The second-order valence-electron chi connectivity index (χ2n) is 3.71. The Morgan fingerprint density at radius 3 is 2.47 bits per heavy atom. The van der Waals surface area contributed by atoms with Crippen LogP contribution in [0.5, 0.6) is 0 Å². The molecule has 0 heterocycles. The Morgan fingerprint density at radius 2 is 1.74 bits per heavy atom. The fourth-order valence-corrected chi connectivity index (χ4v) is 1.61. The molecule has 2 aromatic carbocycles. The summed E-state index contributed by atoms with van der Waals surface area (Å²) in [5, 5.41) is 7.05. The van der Waals surface area contributed by atoms with Crippen LogP contribution in [0.15, 0.2) is 59.7 Å². The minimum atomic E-state index is -0.408. The van der Waals surface area contributed by atoms with Crippen molar-refractivity contribution < 1.29 is 4.79 Å². The predicted octanol–water partition coefficient (Wildman–Crippen LogP) is 3.50. The monoisotopic (exact) mass is 273 g/mol. The number of amides is 2. The van der Waals surface area contributed by atoms with Gasteiger partial charge >= 0.3 is 6.03 Å². The van der Waals surface area contributed by atoms with Crippen LogP contribution in [0.1, 0.15) is 5.56 Å². The maximum atomic E-state index is 11.5. The van der Waals surface area contributed by atoms with Crippen molar-refractivity contribution in [3.05, 3.63) is 65.2 Å². The molecule has 19 heavy (non-hydrogen) atoms. The third-order valence-corrected chi connectivity index (χ3v) is 2.65. The van der Waals surface area contributed by atoms with Crippen LogP contribution in [0.25, 0.3) is 0 Å². The van der Waals surface area contributed by atoms with Crippen LogP contribution >= 0.6 is 11.6 Å². The van der Waals surface area contributed by atoms with E-state index in [1.54, 1.807) is 18.2 Å². The van der Waals surface area contributed by atoms with Crippen molar-refractivity contribution in [1.29, 1.82) is 0 Å². The third kappa shape index (κ3) is 4.12. The first-order chi connectivity index (χ1) is 9.25. The molecule has 0 aliphatic rings. The van der Waals surface area contributed by atoms with Gasteiger partial charge in [-0.15, -0.1) is 0 Å². The van der Waals surface area contributed by atoms with Gasteiger partial charge in [0, 0.05) is 16.3 Å². The predicted molar refractivity (Wildman–Crippen MR) is 77.6 cm³/mol. The topological polar surface area (TPSA) is 53.5 Å². The molecule has 2 N–H and O–H groups in total. The second-order valence-corrected chi connectivity index (χ2v) is 4.12. The molecular formula is C14H12ClN3O. The van der Waals surface area contributed by atoms with Gasteiger partial charge in [-0.2, -0.15) is 5.10 Å². The number of halogens is 1. The van der Waals surface area contributed by atoms with E-state index in [4.69, 9.17) is 11.6 Å². The molecule has 0 aliphatic carbocycles. The summed E-state index contributed by atoms with van der Waals surface area (Å²) in [6, 6.07) is 16.0. The van der Waals surface area contributed by atoms with Gasteiger partial charge < -0.3 is 5.32 Å². The van der Waals surface area contributed by atoms with E-state index in [0.717, 1.165) is 5.56 Å². The summed E-state index contributed by atoms with van der Waals surface area (Å²) in [5.41, 5.74) is 3.81. The van der Waals surface area contributed by atoms with Crippen LogP contribution in [0, 0.1) is 0 Å². The summed E-state index contributed by atoms with van der Waals surface area (Å²) >= 11 is 5.95. The smallest absolute Gasteiger partial charge is 0.307 e. The van der Waals surface area contributed by atoms with E-state index < -0.39 is 6.03 Å². The fraction of sp³-hybridized carbons (Fsp3) is 0. The Kier molecular flexibility index (Phi) is 4.53. The molecule has 0 saturated carbocycles. The number of urea groups is 1. The number of para-hydroxylation sites is 1. The summed E-state index contributed by atoms with van der Waals surface area (Å²) in [4.78, 5) is 11.5. The van der Waals surface area contributed by atoms with Gasteiger partial charge in [0.2, 0.25) is 0 Å². The molecule has 0 fully saturated rings. The molecule has 2 amide bonds. The van der Waals surface area contributed by atoms with Crippen molar-refractivity contribution in [2.75, 3.05) is 5.32 Å². The molecule has 4 nitrogen and oxygen atoms in total. The first-order valence-corrected chi connectivity index (χ1v) is 6.03. The van der Waals surface area contributed by atoms with Gasteiger partial charge in [0.1, 0.15) is 0 Å². The van der Waals surface area contributed by atoms with Crippen LogP contribution in [0.2, 0.25) is 5.02 Å². The van der Waals surface area contributed by atoms with Crippen LogP contribution in [0.4, 0.5) is 10.5 Å². The highest BCUT2D eigenvalue weighted by Crippen LogP contribution is 2.12. The van der Waals surface area contributed by atoms with Gasteiger partial charge in [0.25, 0.3) is 0 Å². The maximum absolute atomic E-state index is 11.5. The lowest BCUT2D eigenvalue weighted by Crippen LogP contribution is -2.24. The van der Waals surface area contributed by atoms with E-state index in [9.17, 15) is 4.79 Å². The number of nitrogens with zero attached hydrogens (tertiary/aromatic N) is 1. The summed E-state index contributed by atoms with van der Waals surface area (Å²) in [5.74, 6) is 0. The first-order valence-electron chi connectivity index (χ1n) is 5.65. The van der Waals surface area contributed by atoms with Crippen LogP contribution in [-0.2, 0) is 0 Å². The molecule has 0 atom stereocenters. The lowest BCUT2D eigenvalue weighted by molar-refractivity contribution is 0.252. The zero-order chi connectivity index (χ0) is 13.5. The number of hydrogen-bond donors (Lipinski definition) is 2. The molecule has 0 saturated heterocycles. The van der Waals surface area contributed by atoms with Crippen molar-refractivity contribution >= 4 is 29.5 Å². The summed E-state index contributed by atoms with van der Waals surface area (Å²) in [6.07, 6.45) is 1.49. The van der Waals surface area contributed by atoms with Gasteiger partial charge in [0.15, 0.2) is 0 Å². The Labute approximate surface area is 116 Å². The van der Waals surface area contributed by atoms with Gasteiger partial charge in [-0.3, -0.25) is 0 Å². The molecule has 0 aromatic heterocycles. The average molecular weight is 274 g/mol. The number of nitrogens with one attached hydrogen (secondary N) is 2. The number of anilines is 1. The van der Waals surface area contributed by atoms with E-state index in [1.807, 2.05) is 36.4 Å². The standard InChI is InChI=1S/C14H12ClN3O/c15-13-9-5-4-6-11(13)10-16-18-14(19)17-12-7-2-1-3-8-12/h1-10H,(H2,17,18,19). The van der Waals surface area contributed by atoms with Crippen molar-refractivity contribution in [1.82, 2.24) is 5.43 Å². The molecule has 96 valence electrons. The molecule has 2 aromatic rings. The first kappa shape index (κ1) is 13.1. The van der Waals surface area contributed by atoms with Gasteiger partial charge in [0.05, 0.1) is 6.21 Å². The largest absolute Gasteiger partial charge is 0.339 e. The molecule has 0 unspecified atom stereocenters. The SMILES string of the molecule is O=C(NN=Cc1ccccc1Cl)Nc1ccccc1. The molecule has 5 heteroatoms. The second kappa shape index (κ2) is 6.56. The Morgan fingerprint density at radius 1 is 1.05 bits per heavy atom. The van der Waals surface area contributed by atoms with Gasteiger partial charge in [-0.05, 0) is 18.2 Å². The number of carbonyl (C=O) groups excluding carboxylic acids is 1. The number of benzene rings is 2. The number of carbonyl (C=O) groups is 1. The van der Waals surface area contributed by atoms with Crippen LogP contribution < -0.4 is 10.7 Å². The number of rotatable bonds is 3. The molecular weight excluding hydrogens is 262 g/mol. The highest BCUT2D eigenvalue weighted by atomic mass is 35.5. The number of hydrazone groups is 1. The van der Waals surface area contributed by atoms with E-state index in [-0.39, 0.29) is 0 Å². The minimum Gasteiger partial charge on any atom is -0.307 e. The molecule has 2 rings (SSSR count). The molecule has 0 radical (unpaired) electrons. The normalized spacial score (nSPS) is 10.4. The van der Waals surface area contributed by atoms with Crippen molar-refractivity contribution in [2.24, 2.45) is 5.10 Å². The van der Waals surface area contributed by atoms with Crippen molar-refractivity contribution in [3.63, 3.8) is 0 Å². The minimum absolute atomic E-state index is 0.408. The Bertz CT molecular complexity index is 584. The lowest BCUT2D eigenvalue weighted by Gasteiger charge is -2.03. The van der Waals surface area contributed by atoms with Gasteiger partial charge in [-0.1, -0.05) is 48.0 Å². The number of hydrogen-bond acceptors (Lipinski definition) is 2. The molecule has 0 spiro atoms. The summed E-state index contributed by atoms with van der Waals surface area (Å²) < 4.78 is 0. The third-order valence-electron chi connectivity index (χ3n) is 2.31. The van der Waals surface area contributed by atoms with E-state index in [2.05, 4.69) is 15.8 Å². The maximum Gasteiger partial charge on any atom is 0.339 e. The zero-order valence-electron chi connectivity index (χ0n) is 10.0. The lowest BCUT2D eigenvalue weighted by atomic mass is 10.2. The Hall–Kier alpha value is -2.33. The highest BCUT2D eigenvalue weighted by molar-refractivity contribution is 6.33. The van der Waals surface area contributed by atoms with Crippen LogP contribution in [-0.4, -0.2) is 12.2 Å². The van der Waals surface area contributed by atoms with E-state index in [1.165, 1.54) is 6.21 Å². The van der Waals surface area contributed by atoms with Crippen molar-refractivity contribution in [3.8, 4) is 0 Å². The Balaban J connectivity index is 1.89. The van der Waals surface area contributed by atoms with E-state index in [0.29, 0.717) is 10.7 Å². The summed E-state index contributed by atoms with van der Waals surface area (Å²) in [7, 11) is 0.